The molecule has 0 spiro atoms. The van der Waals surface area contributed by atoms with Crippen molar-refractivity contribution in [3.63, 3.8) is 0 Å². The summed E-state index contributed by atoms with van der Waals surface area (Å²) in [5, 5.41) is 5.59. The minimum Gasteiger partial charge on any atom is -0.492 e. The van der Waals surface area contributed by atoms with Gasteiger partial charge in [0.25, 0.3) is 0 Å². The van der Waals surface area contributed by atoms with Gasteiger partial charge in [-0.2, -0.15) is 0 Å². The van der Waals surface area contributed by atoms with E-state index in [1.54, 1.807) is 0 Å². The van der Waals surface area contributed by atoms with E-state index in [0.29, 0.717) is 13.2 Å². The number of amides is 2. The second-order valence-corrected chi connectivity index (χ2v) is 6.91. The number of hydrogen-bond acceptors (Lipinski definition) is 4. The standard InChI is InChI=1S/C20H24N2O3S/c1-15-6-8-17(9-7-15)22-20(24)14-26-13-19(23)21-10-11-25-18-5-3-4-16(2)12-18/h3-9,12H,10-11,13-14H2,1-2H3,(H,21,23)(H,22,24). The molecule has 0 aliphatic heterocycles. The first kappa shape index (κ1) is 19.8. The summed E-state index contributed by atoms with van der Waals surface area (Å²) < 4.78 is 5.57. The average molecular weight is 372 g/mol. The molecule has 138 valence electrons. The highest BCUT2D eigenvalue weighted by Gasteiger charge is 2.06. The molecule has 0 saturated carbocycles. The molecule has 0 heterocycles. The second kappa shape index (κ2) is 10.5. The maximum absolute atomic E-state index is 11.8. The zero-order chi connectivity index (χ0) is 18.8. The van der Waals surface area contributed by atoms with Crippen molar-refractivity contribution >= 4 is 29.3 Å². The predicted octanol–water partition coefficient (Wildman–Crippen LogP) is 3.17. The Labute approximate surface area is 158 Å². The molecular weight excluding hydrogens is 348 g/mol. The normalized spacial score (nSPS) is 10.2. The van der Waals surface area contributed by atoms with Crippen LogP contribution >= 0.6 is 11.8 Å². The van der Waals surface area contributed by atoms with Crippen molar-refractivity contribution in [2.24, 2.45) is 0 Å². The van der Waals surface area contributed by atoms with Crippen LogP contribution in [-0.2, 0) is 9.59 Å². The van der Waals surface area contributed by atoms with E-state index in [2.05, 4.69) is 10.6 Å². The van der Waals surface area contributed by atoms with E-state index in [-0.39, 0.29) is 23.3 Å². The summed E-state index contributed by atoms with van der Waals surface area (Å²) in [5.41, 5.74) is 3.03. The molecule has 2 amide bonds. The van der Waals surface area contributed by atoms with Gasteiger partial charge < -0.3 is 15.4 Å². The molecule has 6 heteroatoms. The smallest absolute Gasteiger partial charge is 0.234 e. The van der Waals surface area contributed by atoms with Gasteiger partial charge in [0.2, 0.25) is 11.8 Å². The zero-order valence-electron chi connectivity index (χ0n) is 15.1. The Balaban J connectivity index is 1.55. The van der Waals surface area contributed by atoms with E-state index in [4.69, 9.17) is 4.74 Å². The Morgan fingerprint density at radius 3 is 2.42 bits per heavy atom. The Bertz CT molecular complexity index is 732. The van der Waals surface area contributed by atoms with Gasteiger partial charge in [0.15, 0.2) is 0 Å². The predicted molar refractivity (Wildman–Crippen MR) is 107 cm³/mol. The number of aryl methyl sites for hydroxylation is 2. The topological polar surface area (TPSA) is 67.4 Å². The van der Waals surface area contributed by atoms with Crippen molar-refractivity contribution in [1.82, 2.24) is 5.32 Å². The Hall–Kier alpha value is -2.47. The van der Waals surface area contributed by atoms with Gasteiger partial charge in [-0.25, -0.2) is 0 Å². The van der Waals surface area contributed by atoms with Crippen molar-refractivity contribution < 1.29 is 14.3 Å². The number of rotatable bonds is 9. The lowest BCUT2D eigenvalue weighted by Gasteiger charge is -2.08. The largest absolute Gasteiger partial charge is 0.492 e. The first-order chi connectivity index (χ1) is 12.5. The number of ether oxygens (including phenoxy) is 1. The van der Waals surface area contributed by atoms with Crippen molar-refractivity contribution in [3.8, 4) is 5.75 Å². The van der Waals surface area contributed by atoms with E-state index in [1.807, 2.05) is 62.4 Å². The number of carbonyl (C=O) groups is 2. The SMILES string of the molecule is Cc1ccc(NC(=O)CSCC(=O)NCCOc2cccc(C)c2)cc1. The van der Waals surface area contributed by atoms with Gasteiger partial charge in [0.1, 0.15) is 12.4 Å². The number of hydrogen-bond donors (Lipinski definition) is 2. The van der Waals surface area contributed by atoms with E-state index in [1.165, 1.54) is 11.8 Å². The summed E-state index contributed by atoms with van der Waals surface area (Å²) >= 11 is 1.28. The van der Waals surface area contributed by atoms with Crippen LogP contribution in [0.5, 0.6) is 5.75 Å². The summed E-state index contributed by atoms with van der Waals surface area (Å²) in [6.45, 7) is 4.84. The molecule has 0 fully saturated rings. The molecule has 0 aliphatic carbocycles. The van der Waals surface area contributed by atoms with Gasteiger partial charge in [0, 0.05) is 5.69 Å². The molecule has 2 aromatic rings. The highest BCUT2D eigenvalue weighted by molar-refractivity contribution is 8.00. The number of carbonyl (C=O) groups excluding carboxylic acids is 2. The van der Waals surface area contributed by atoms with Gasteiger partial charge in [-0.1, -0.05) is 29.8 Å². The lowest BCUT2D eigenvalue weighted by atomic mass is 10.2. The van der Waals surface area contributed by atoms with Gasteiger partial charge in [-0.15, -0.1) is 11.8 Å². The maximum atomic E-state index is 11.8. The molecule has 0 aliphatic rings. The molecule has 0 saturated heterocycles. The van der Waals surface area contributed by atoms with Crippen molar-refractivity contribution in [2.45, 2.75) is 13.8 Å². The lowest BCUT2D eigenvalue weighted by molar-refractivity contribution is -0.118. The van der Waals surface area contributed by atoms with E-state index in [9.17, 15) is 9.59 Å². The molecule has 0 aromatic heterocycles. The van der Waals surface area contributed by atoms with Crippen molar-refractivity contribution in [3.05, 3.63) is 59.7 Å². The van der Waals surface area contributed by atoms with Crippen LogP contribution in [0.15, 0.2) is 48.5 Å². The second-order valence-electron chi connectivity index (χ2n) is 5.92. The summed E-state index contributed by atoms with van der Waals surface area (Å²) in [4.78, 5) is 23.6. The highest BCUT2D eigenvalue weighted by Crippen LogP contribution is 2.12. The molecule has 0 bridgehead atoms. The quantitative estimate of drug-likeness (QED) is 0.664. The van der Waals surface area contributed by atoms with Crippen molar-refractivity contribution in [1.29, 1.82) is 0 Å². The molecule has 0 unspecified atom stereocenters. The Kier molecular flexibility index (Phi) is 8.02. The summed E-state index contributed by atoms with van der Waals surface area (Å²) in [7, 11) is 0. The molecule has 0 atom stereocenters. The Morgan fingerprint density at radius 2 is 1.69 bits per heavy atom. The zero-order valence-corrected chi connectivity index (χ0v) is 15.9. The maximum Gasteiger partial charge on any atom is 0.234 e. The van der Waals surface area contributed by atoms with Crippen LogP contribution in [0.4, 0.5) is 5.69 Å². The van der Waals surface area contributed by atoms with Gasteiger partial charge >= 0.3 is 0 Å². The van der Waals surface area contributed by atoms with Crippen LogP contribution in [0.1, 0.15) is 11.1 Å². The third-order valence-electron chi connectivity index (χ3n) is 3.48. The van der Waals surface area contributed by atoms with Crippen LogP contribution in [0.25, 0.3) is 0 Å². The first-order valence-electron chi connectivity index (χ1n) is 8.43. The molecule has 0 radical (unpaired) electrons. The van der Waals surface area contributed by atoms with Gasteiger partial charge in [0.05, 0.1) is 18.1 Å². The number of anilines is 1. The van der Waals surface area contributed by atoms with Crippen LogP contribution in [0.3, 0.4) is 0 Å². The van der Waals surface area contributed by atoms with Crippen molar-refractivity contribution in [2.75, 3.05) is 30.0 Å². The summed E-state index contributed by atoms with van der Waals surface area (Å²) in [5.74, 6) is 1.05. The Morgan fingerprint density at radius 1 is 0.962 bits per heavy atom. The molecular formula is C20H24N2O3S. The average Bonchev–Trinajstić information content (AvgIpc) is 2.61. The first-order valence-corrected chi connectivity index (χ1v) is 9.59. The van der Waals surface area contributed by atoms with Crippen LogP contribution in [0, 0.1) is 13.8 Å². The number of nitrogens with one attached hydrogen (secondary N) is 2. The molecule has 5 nitrogen and oxygen atoms in total. The lowest BCUT2D eigenvalue weighted by Crippen LogP contribution is -2.30. The van der Waals surface area contributed by atoms with Crippen LogP contribution in [0.2, 0.25) is 0 Å². The third kappa shape index (κ3) is 7.61. The fourth-order valence-corrected chi connectivity index (χ4v) is 2.83. The van der Waals surface area contributed by atoms with Gasteiger partial charge in [-0.3, -0.25) is 9.59 Å². The molecule has 2 N–H and O–H groups in total. The van der Waals surface area contributed by atoms with E-state index >= 15 is 0 Å². The summed E-state index contributed by atoms with van der Waals surface area (Å²) in [6, 6.07) is 15.4. The highest BCUT2D eigenvalue weighted by atomic mass is 32.2. The number of thioether (sulfide) groups is 1. The fraction of sp³-hybridized carbons (Fsp3) is 0.300. The van der Waals surface area contributed by atoms with E-state index < -0.39 is 0 Å². The minimum absolute atomic E-state index is 0.106. The molecule has 2 aromatic carbocycles. The minimum atomic E-state index is -0.116. The summed E-state index contributed by atoms with van der Waals surface area (Å²) in [6.07, 6.45) is 0. The van der Waals surface area contributed by atoms with Crippen LogP contribution in [-0.4, -0.2) is 36.5 Å². The monoisotopic (exact) mass is 372 g/mol. The van der Waals surface area contributed by atoms with Gasteiger partial charge in [-0.05, 0) is 43.7 Å². The third-order valence-corrected chi connectivity index (χ3v) is 4.42. The fourth-order valence-electron chi connectivity index (χ4n) is 2.19. The number of benzene rings is 2. The van der Waals surface area contributed by atoms with Crippen LogP contribution < -0.4 is 15.4 Å². The molecule has 2 rings (SSSR count). The molecule has 26 heavy (non-hydrogen) atoms. The van der Waals surface area contributed by atoms with E-state index in [0.717, 1.165) is 22.6 Å².